The summed E-state index contributed by atoms with van der Waals surface area (Å²) in [6.07, 6.45) is 1.80. The van der Waals surface area contributed by atoms with E-state index < -0.39 is 23.9 Å². The molecule has 0 fully saturated rings. The molecule has 0 bridgehead atoms. The molecule has 208 valence electrons. The third kappa shape index (κ3) is 9.90. The Hall–Kier alpha value is -3.84. The van der Waals surface area contributed by atoms with Crippen LogP contribution in [0.2, 0.25) is 0 Å². The van der Waals surface area contributed by atoms with Crippen LogP contribution in [0.15, 0.2) is 30.5 Å². The number of aryl methyl sites for hydroxylation is 1. The number of hydroxylamine groups is 1. The van der Waals surface area contributed by atoms with Gasteiger partial charge in [-0.15, -0.1) is 5.10 Å². The van der Waals surface area contributed by atoms with Gasteiger partial charge in [0, 0.05) is 31.0 Å². The topological polar surface area (TPSA) is 185 Å². The Bertz CT molecular complexity index is 1070. The second kappa shape index (κ2) is 15.4. The largest absolute Gasteiger partial charge is 0.464 e. The smallest absolute Gasteiger partial charge is 0.339 e. The number of nitrogens with zero attached hydrogens (tertiary/aromatic N) is 3. The SMILES string of the molecule is CCOC(=O)C(O)c1ccc(NC(=O)CCCCn2cc(CNC(=O)C(CC(=O)NO)C(C)C)nn2)cc1. The lowest BCUT2D eigenvalue weighted by Crippen LogP contribution is -2.36. The predicted octanol–water partition coefficient (Wildman–Crippen LogP) is 1.47. The number of unbranched alkanes of at least 4 members (excludes halogenated alkanes) is 1. The minimum Gasteiger partial charge on any atom is -0.464 e. The van der Waals surface area contributed by atoms with E-state index >= 15 is 0 Å². The van der Waals surface area contributed by atoms with E-state index in [9.17, 15) is 24.3 Å². The number of benzene rings is 1. The zero-order valence-corrected chi connectivity index (χ0v) is 21.8. The van der Waals surface area contributed by atoms with Crippen molar-refractivity contribution in [1.82, 2.24) is 25.8 Å². The number of ether oxygens (including phenoxy) is 1. The molecule has 0 aliphatic rings. The molecule has 0 spiro atoms. The van der Waals surface area contributed by atoms with Gasteiger partial charge in [-0.25, -0.2) is 10.3 Å². The summed E-state index contributed by atoms with van der Waals surface area (Å²) in [7, 11) is 0. The van der Waals surface area contributed by atoms with Gasteiger partial charge in [0.1, 0.15) is 5.69 Å². The van der Waals surface area contributed by atoms with E-state index in [2.05, 4.69) is 20.9 Å². The highest BCUT2D eigenvalue weighted by Crippen LogP contribution is 2.18. The van der Waals surface area contributed by atoms with E-state index in [1.807, 2.05) is 13.8 Å². The summed E-state index contributed by atoms with van der Waals surface area (Å²) in [6.45, 7) is 6.17. The van der Waals surface area contributed by atoms with Crippen molar-refractivity contribution in [2.75, 3.05) is 11.9 Å². The minimum absolute atomic E-state index is 0.0937. The Morgan fingerprint density at radius 1 is 1.08 bits per heavy atom. The van der Waals surface area contributed by atoms with Crippen molar-refractivity contribution < 1.29 is 34.2 Å². The molecule has 3 amide bonds. The molecule has 0 aliphatic heterocycles. The van der Waals surface area contributed by atoms with Crippen LogP contribution in [-0.2, 0) is 37.0 Å². The first-order valence-electron chi connectivity index (χ1n) is 12.5. The Kier molecular flexibility index (Phi) is 12.3. The standard InChI is InChI=1S/C25H36N6O7/c1-4-38-25(36)23(34)17-8-10-18(11-9-17)27-21(32)7-5-6-12-31-15-19(28-30-31)14-26-24(35)20(16(2)3)13-22(33)29-37/h8-11,15-16,20,23,34,37H,4-7,12-14H2,1-3H3,(H,26,35)(H,27,32)(H,29,33). The predicted molar refractivity (Wildman–Crippen MR) is 135 cm³/mol. The quantitative estimate of drug-likeness (QED) is 0.0980. The van der Waals surface area contributed by atoms with Gasteiger partial charge in [0.2, 0.25) is 17.7 Å². The van der Waals surface area contributed by atoms with Gasteiger partial charge in [-0.05, 0) is 43.4 Å². The summed E-state index contributed by atoms with van der Waals surface area (Å²) in [6, 6.07) is 6.32. The first-order valence-corrected chi connectivity index (χ1v) is 12.5. The van der Waals surface area contributed by atoms with Gasteiger partial charge in [-0.1, -0.05) is 31.2 Å². The number of esters is 1. The number of amides is 3. The molecular weight excluding hydrogens is 496 g/mol. The van der Waals surface area contributed by atoms with Crippen molar-refractivity contribution in [2.45, 2.75) is 65.6 Å². The van der Waals surface area contributed by atoms with Gasteiger partial charge in [0.15, 0.2) is 6.10 Å². The van der Waals surface area contributed by atoms with Crippen LogP contribution >= 0.6 is 0 Å². The van der Waals surface area contributed by atoms with Gasteiger partial charge in [-0.2, -0.15) is 0 Å². The van der Waals surface area contributed by atoms with Crippen LogP contribution in [0.3, 0.4) is 0 Å². The van der Waals surface area contributed by atoms with E-state index in [0.29, 0.717) is 42.8 Å². The number of carbonyl (C=O) groups excluding carboxylic acids is 4. The second-order valence-electron chi connectivity index (χ2n) is 9.06. The van der Waals surface area contributed by atoms with Crippen molar-refractivity contribution >= 4 is 29.4 Å². The monoisotopic (exact) mass is 532 g/mol. The molecule has 5 N–H and O–H groups in total. The van der Waals surface area contributed by atoms with Crippen LogP contribution in [0, 0.1) is 11.8 Å². The highest BCUT2D eigenvalue weighted by Gasteiger charge is 2.25. The summed E-state index contributed by atoms with van der Waals surface area (Å²) < 4.78 is 6.42. The summed E-state index contributed by atoms with van der Waals surface area (Å²) in [5.74, 6) is -2.50. The normalized spacial score (nSPS) is 12.5. The van der Waals surface area contributed by atoms with Crippen molar-refractivity contribution in [1.29, 1.82) is 0 Å². The van der Waals surface area contributed by atoms with E-state index in [1.165, 1.54) is 0 Å². The molecule has 1 aromatic carbocycles. The number of carbonyl (C=O) groups is 4. The average molecular weight is 533 g/mol. The molecule has 0 saturated carbocycles. The van der Waals surface area contributed by atoms with Gasteiger partial charge in [0.25, 0.3) is 0 Å². The fourth-order valence-corrected chi connectivity index (χ4v) is 3.60. The lowest BCUT2D eigenvalue weighted by molar-refractivity contribution is -0.153. The Morgan fingerprint density at radius 3 is 2.42 bits per heavy atom. The van der Waals surface area contributed by atoms with E-state index in [-0.39, 0.29) is 37.3 Å². The fourth-order valence-electron chi connectivity index (χ4n) is 3.60. The maximum atomic E-state index is 12.4. The lowest BCUT2D eigenvalue weighted by atomic mass is 9.91. The van der Waals surface area contributed by atoms with Crippen molar-refractivity contribution in [3.63, 3.8) is 0 Å². The Balaban J connectivity index is 1.71. The fraction of sp³-hybridized carbons (Fsp3) is 0.520. The minimum atomic E-state index is -1.37. The summed E-state index contributed by atoms with van der Waals surface area (Å²) >= 11 is 0. The molecule has 2 unspecified atom stereocenters. The number of aliphatic hydroxyl groups excluding tert-OH is 1. The first kappa shape index (κ1) is 30.4. The molecule has 0 radical (unpaired) electrons. The molecule has 13 nitrogen and oxygen atoms in total. The van der Waals surface area contributed by atoms with E-state index in [4.69, 9.17) is 9.94 Å². The molecule has 1 heterocycles. The maximum Gasteiger partial charge on any atom is 0.339 e. The van der Waals surface area contributed by atoms with Gasteiger partial charge >= 0.3 is 5.97 Å². The van der Waals surface area contributed by atoms with Crippen LogP contribution in [0.5, 0.6) is 0 Å². The molecule has 2 rings (SSSR count). The zero-order valence-electron chi connectivity index (χ0n) is 21.8. The number of anilines is 1. The summed E-state index contributed by atoms with van der Waals surface area (Å²) in [5.41, 5.74) is 3.03. The van der Waals surface area contributed by atoms with Crippen LogP contribution in [0.1, 0.15) is 63.8 Å². The molecule has 0 saturated heterocycles. The van der Waals surface area contributed by atoms with Gasteiger partial charge < -0.3 is 20.5 Å². The van der Waals surface area contributed by atoms with Crippen LogP contribution in [0.25, 0.3) is 0 Å². The molecule has 2 aromatic rings. The number of nitrogens with one attached hydrogen (secondary N) is 3. The molecule has 1 aromatic heterocycles. The highest BCUT2D eigenvalue weighted by molar-refractivity contribution is 5.90. The Labute approximate surface area is 220 Å². The molecule has 13 heteroatoms. The molecular formula is C25H36N6O7. The third-order valence-corrected chi connectivity index (χ3v) is 5.76. The van der Waals surface area contributed by atoms with Crippen LogP contribution in [-0.4, -0.2) is 55.6 Å². The van der Waals surface area contributed by atoms with Crippen LogP contribution < -0.4 is 16.1 Å². The Morgan fingerprint density at radius 2 is 1.79 bits per heavy atom. The molecule has 38 heavy (non-hydrogen) atoms. The van der Waals surface area contributed by atoms with Gasteiger partial charge in [0.05, 0.1) is 19.3 Å². The van der Waals surface area contributed by atoms with Crippen molar-refractivity contribution in [2.24, 2.45) is 11.8 Å². The first-order chi connectivity index (χ1) is 18.1. The lowest BCUT2D eigenvalue weighted by Gasteiger charge is -2.18. The average Bonchev–Trinajstić information content (AvgIpc) is 3.35. The highest BCUT2D eigenvalue weighted by atomic mass is 16.5. The zero-order chi connectivity index (χ0) is 28.1. The van der Waals surface area contributed by atoms with Gasteiger partial charge in [-0.3, -0.25) is 24.3 Å². The van der Waals surface area contributed by atoms with Crippen molar-refractivity contribution in [3.8, 4) is 0 Å². The molecule has 0 aliphatic carbocycles. The maximum absolute atomic E-state index is 12.4. The van der Waals surface area contributed by atoms with E-state index in [1.54, 1.807) is 47.5 Å². The third-order valence-electron chi connectivity index (χ3n) is 5.76. The number of aliphatic hydroxyl groups is 1. The number of hydrogen-bond acceptors (Lipinski definition) is 9. The molecule has 2 atom stereocenters. The van der Waals surface area contributed by atoms with Crippen molar-refractivity contribution in [3.05, 3.63) is 41.7 Å². The number of aromatic nitrogens is 3. The summed E-state index contributed by atoms with van der Waals surface area (Å²) in [4.78, 5) is 47.7. The summed E-state index contributed by atoms with van der Waals surface area (Å²) in [5, 5.41) is 32.2. The second-order valence-corrected chi connectivity index (χ2v) is 9.06. The number of hydrogen-bond donors (Lipinski definition) is 5. The van der Waals surface area contributed by atoms with E-state index in [0.717, 1.165) is 0 Å². The number of rotatable bonds is 15. The van der Waals surface area contributed by atoms with Crippen LogP contribution in [0.4, 0.5) is 5.69 Å².